The van der Waals surface area contributed by atoms with Gasteiger partial charge in [0.1, 0.15) is 6.29 Å². The topological polar surface area (TPSA) is 60.2 Å². The molecule has 0 N–H and O–H groups in total. The van der Waals surface area contributed by atoms with Crippen molar-refractivity contribution in [2.24, 2.45) is 5.92 Å². The van der Waals surface area contributed by atoms with Crippen LogP contribution in [0.3, 0.4) is 0 Å². The van der Waals surface area contributed by atoms with E-state index in [-0.39, 0.29) is 17.3 Å². The zero-order chi connectivity index (χ0) is 8.85. The molecule has 0 aliphatic carbocycles. The second-order valence-corrected chi connectivity index (χ2v) is 2.64. The van der Waals surface area contributed by atoms with Crippen molar-refractivity contribution in [2.45, 2.75) is 32.7 Å². The molecule has 0 aliphatic heterocycles. The number of hydrogen-bond acceptors (Lipinski definition) is 3. The van der Waals surface area contributed by atoms with Crippen molar-refractivity contribution in [2.75, 3.05) is 0 Å². The maximum absolute atomic E-state index is 10.3. The van der Waals surface area contributed by atoms with Crippen LogP contribution in [0.25, 0.3) is 0 Å². The van der Waals surface area contributed by atoms with Crippen LogP contribution in [-0.2, 0) is 4.79 Å². The maximum Gasteiger partial charge on any atom is 0.215 e. The van der Waals surface area contributed by atoms with Gasteiger partial charge in [0.05, 0.1) is 0 Å². The summed E-state index contributed by atoms with van der Waals surface area (Å²) in [5.41, 5.74) is 0. The number of nitrogens with zero attached hydrogens (tertiary/aromatic N) is 1. The van der Waals surface area contributed by atoms with Crippen LogP contribution in [0.4, 0.5) is 0 Å². The second-order valence-electron chi connectivity index (χ2n) is 2.64. The fraction of sp³-hybridized carbons (Fsp3) is 0.857. The number of nitro groups is 1. The van der Waals surface area contributed by atoms with E-state index in [1.54, 1.807) is 13.8 Å². The molecule has 0 heterocycles. The first kappa shape index (κ1) is 10.1. The average molecular weight is 159 g/mol. The largest absolute Gasteiger partial charge is 0.303 e. The summed E-state index contributed by atoms with van der Waals surface area (Å²) < 4.78 is 0. The molecule has 0 amide bonds. The zero-order valence-corrected chi connectivity index (χ0v) is 6.82. The standard InChI is InChI=1S/C7H13NO3/c1-3-7(8(10)11)6(2)4-5-9/h5-7H,3-4H2,1-2H3. The van der Waals surface area contributed by atoms with E-state index >= 15 is 0 Å². The number of carbonyl (C=O) groups excluding carboxylic acids is 1. The van der Waals surface area contributed by atoms with Crippen molar-refractivity contribution in [3.05, 3.63) is 10.1 Å². The summed E-state index contributed by atoms with van der Waals surface area (Å²) in [5.74, 6) is -0.146. The Morgan fingerprint density at radius 1 is 1.64 bits per heavy atom. The minimum Gasteiger partial charge on any atom is -0.303 e. The molecule has 0 radical (unpaired) electrons. The highest BCUT2D eigenvalue weighted by Crippen LogP contribution is 2.12. The third kappa shape index (κ3) is 3.11. The smallest absolute Gasteiger partial charge is 0.215 e. The van der Waals surface area contributed by atoms with Crippen molar-refractivity contribution in [3.63, 3.8) is 0 Å². The van der Waals surface area contributed by atoms with Crippen LogP contribution in [0.1, 0.15) is 26.7 Å². The molecule has 4 heteroatoms. The average Bonchev–Trinajstić information content (AvgIpc) is 1.88. The number of hydrogen-bond donors (Lipinski definition) is 0. The van der Waals surface area contributed by atoms with Gasteiger partial charge in [-0.2, -0.15) is 0 Å². The van der Waals surface area contributed by atoms with Gasteiger partial charge in [-0.25, -0.2) is 0 Å². The Morgan fingerprint density at radius 3 is 2.45 bits per heavy atom. The van der Waals surface area contributed by atoms with Crippen molar-refractivity contribution in [1.29, 1.82) is 0 Å². The van der Waals surface area contributed by atoms with E-state index in [1.165, 1.54) is 0 Å². The molecule has 0 aromatic heterocycles. The predicted molar refractivity (Wildman–Crippen MR) is 40.9 cm³/mol. The normalized spacial score (nSPS) is 15.5. The Bertz CT molecular complexity index is 147. The fourth-order valence-electron chi connectivity index (χ4n) is 1.07. The first-order chi connectivity index (χ1) is 5.13. The lowest BCUT2D eigenvalue weighted by Gasteiger charge is -2.11. The fourth-order valence-corrected chi connectivity index (χ4v) is 1.07. The lowest BCUT2D eigenvalue weighted by molar-refractivity contribution is -0.531. The van der Waals surface area contributed by atoms with Crippen LogP contribution in [0.5, 0.6) is 0 Å². The van der Waals surface area contributed by atoms with Crippen LogP contribution < -0.4 is 0 Å². The summed E-state index contributed by atoms with van der Waals surface area (Å²) in [7, 11) is 0. The highest BCUT2D eigenvalue weighted by Gasteiger charge is 2.24. The maximum atomic E-state index is 10.3. The van der Waals surface area contributed by atoms with Gasteiger partial charge in [-0.3, -0.25) is 10.1 Å². The highest BCUT2D eigenvalue weighted by atomic mass is 16.6. The van der Waals surface area contributed by atoms with E-state index < -0.39 is 6.04 Å². The highest BCUT2D eigenvalue weighted by molar-refractivity contribution is 5.49. The lowest BCUT2D eigenvalue weighted by Crippen LogP contribution is -2.26. The predicted octanol–water partition coefficient (Wildman–Crippen LogP) is 1.27. The summed E-state index contributed by atoms with van der Waals surface area (Å²) in [6.07, 6.45) is 1.50. The van der Waals surface area contributed by atoms with Crippen LogP contribution >= 0.6 is 0 Å². The molecular formula is C7H13NO3. The van der Waals surface area contributed by atoms with Crippen LogP contribution in [0.15, 0.2) is 0 Å². The van der Waals surface area contributed by atoms with E-state index in [9.17, 15) is 14.9 Å². The Labute approximate surface area is 65.7 Å². The second kappa shape index (κ2) is 4.82. The minimum absolute atomic E-state index is 0.146. The molecule has 2 unspecified atom stereocenters. The van der Waals surface area contributed by atoms with Crippen molar-refractivity contribution < 1.29 is 9.72 Å². The Balaban J connectivity index is 4.01. The molecule has 2 atom stereocenters. The monoisotopic (exact) mass is 159 g/mol. The quantitative estimate of drug-likeness (QED) is 0.344. The molecule has 64 valence electrons. The Hall–Kier alpha value is -0.930. The van der Waals surface area contributed by atoms with Crippen LogP contribution in [0.2, 0.25) is 0 Å². The van der Waals surface area contributed by atoms with Gasteiger partial charge >= 0.3 is 0 Å². The molecule has 0 aliphatic rings. The Morgan fingerprint density at radius 2 is 2.18 bits per heavy atom. The molecule has 0 rings (SSSR count). The third-order valence-electron chi connectivity index (χ3n) is 1.81. The molecule has 4 nitrogen and oxygen atoms in total. The van der Waals surface area contributed by atoms with Gasteiger partial charge in [-0.15, -0.1) is 0 Å². The summed E-state index contributed by atoms with van der Waals surface area (Å²) >= 11 is 0. The molecule has 11 heavy (non-hydrogen) atoms. The number of carbonyl (C=O) groups is 1. The number of rotatable bonds is 5. The van der Waals surface area contributed by atoms with E-state index in [4.69, 9.17) is 0 Å². The van der Waals surface area contributed by atoms with Crippen molar-refractivity contribution >= 4 is 6.29 Å². The molecule has 0 spiro atoms. The van der Waals surface area contributed by atoms with E-state index in [2.05, 4.69) is 0 Å². The summed E-state index contributed by atoms with van der Waals surface area (Å²) in [4.78, 5) is 20.1. The van der Waals surface area contributed by atoms with Crippen LogP contribution in [0, 0.1) is 16.0 Å². The minimum atomic E-state index is -0.569. The van der Waals surface area contributed by atoms with Crippen LogP contribution in [-0.4, -0.2) is 17.3 Å². The van der Waals surface area contributed by atoms with Gasteiger partial charge in [0.15, 0.2) is 0 Å². The van der Waals surface area contributed by atoms with Crippen molar-refractivity contribution in [3.8, 4) is 0 Å². The van der Waals surface area contributed by atoms with E-state index in [0.717, 1.165) is 6.29 Å². The summed E-state index contributed by atoms with van der Waals surface area (Å²) in [6.45, 7) is 3.49. The van der Waals surface area contributed by atoms with Gasteiger partial charge in [-0.1, -0.05) is 13.8 Å². The van der Waals surface area contributed by atoms with Gasteiger partial charge in [0.25, 0.3) is 0 Å². The Kier molecular flexibility index (Phi) is 4.41. The first-order valence-corrected chi connectivity index (χ1v) is 3.70. The molecule has 0 saturated heterocycles. The summed E-state index contributed by atoms with van der Waals surface area (Å²) in [5, 5.41) is 10.3. The van der Waals surface area contributed by atoms with Gasteiger partial charge in [-0.05, 0) is 0 Å². The van der Waals surface area contributed by atoms with E-state index in [1.807, 2.05) is 0 Å². The molecule has 0 bridgehead atoms. The lowest BCUT2D eigenvalue weighted by atomic mass is 9.98. The van der Waals surface area contributed by atoms with Gasteiger partial charge < -0.3 is 4.79 Å². The molecule has 0 aromatic carbocycles. The third-order valence-corrected chi connectivity index (χ3v) is 1.81. The molecule has 0 saturated carbocycles. The number of aldehydes is 1. The van der Waals surface area contributed by atoms with E-state index in [0.29, 0.717) is 6.42 Å². The molecule has 0 fully saturated rings. The SMILES string of the molecule is CCC(C(C)CC=O)[N+](=O)[O-]. The van der Waals surface area contributed by atoms with Gasteiger partial charge in [0, 0.05) is 23.7 Å². The van der Waals surface area contributed by atoms with Crippen molar-refractivity contribution in [1.82, 2.24) is 0 Å². The first-order valence-electron chi connectivity index (χ1n) is 3.70. The summed E-state index contributed by atoms with van der Waals surface area (Å²) in [6, 6.07) is -0.569. The molecule has 0 aromatic rings. The molecular weight excluding hydrogens is 146 g/mol. The zero-order valence-electron chi connectivity index (χ0n) is 6.82. The van der Waals surface area contributed by atoms with Gasteiger partial charge in [0.2, 0.25) is 6.04 Å².